The summed E-state index contributed by atoms with van der Waals surface area (Å²) in [5, 5.41) is 1.28. The first kappa shape index (κ1) is 12.6. The van der Waals surface area contributed by atoms with E-state index in [1.54, 1.807) is 0 Å². The zero-order valence-electron chi connectivity index (χ0n) is 10.9. The maximum absolute atomic E-state index is 5.98. The summed E-state index contributed by atoms with van der Waals surface area (Å²) in [6.45, 7) is 8.51. The highest BCUT2D eigenvalue weighted by Gasteiger charge is 2.23. The van der Waals surface area contributed by atoms with Crippen molar-refractivity contribution in [1.29, 1.82) is 0 Å². The van der Waals surface area contributed by atoms with Gasteiger partial charge in [0.2, 0.25) is 0 Å². The third-order valence-electron chi connectivity index (χ3n) is 3.06. The van der Waals surface area contributed by atoms with Crippen LogP contribution in [-0.2, 0) is 0 Å². The second-order valence-electron chi connectivity index (χ2n) is 4.84. The summed E-state index contributed by atoms with van der Waals surface area (Å²) >= 11 is 0. The molecule has 0 aromatic heterocycles. The largest absolute Gasteiger partial charge is 0.457 e. The summed E-state index contributed by atoms with van der Waals surface area (Å²) in [4.78, 5) is 0. The minimum atomic E-state index is -1.61. The maximum atomic E-state index is 5.98. The molecule has 0 aliphatic rings. The fraction of sp³-hybridized carbons (Fsp3) is 0.125. The molecule has 0 aliphatic heterocycles. The molecule has 92 valence electrons. The summed E-state index contributed by atoms with van der Waals surface area (Å²) in [5.74, 6) is 1.82. The molecule has 0 amide bonds. The Labute approximate surface area is 110 Å². The van der Waals surface area contributed by atoms with Crippen LogP contribution < -0.4 is 9.92 Å². The van der Waals surface area contributed by atoms with Gasteiger partial charge in [-0.25, -0.2) is 0 Å². The van der Waals surface area contributed by atoms with E-state index in [1.165, 1.54) is 5.19 Å². The van der Waals surface area contributed by atoms with Gasteiger partial charge < -0.3 is 4.74 Å². The highest BCUT2D eigenvalue weighted by Crippen LogP contribution is 2.21. The summed E-state index contributed by atoms with van der Waals surface area (Å²) in [6.07, 6.45) is 0. The predicted octanol–water partition coefficient (Wildman–Crippen LogP) is 4.12. The lowest BCUT2D eigenvalue weighted by atomic mass is 10.3. The molecule has 1 nitrogen and oxygen atoms in total. The molecule has 2 aromatic rings. The average Bonchev–Trinajstić information content (AvgIpc) is 2.40. The van der Waals surface area contributed by atoms with E-state index in [0.29, 0.717) is 0 Å². The normalized spacial score (nSPS) is 11.0. The molecule has 2 aromatic carbocycles. The number of rotatable bonds is 4. The van der Waals surface area contributed by atoms with E-state index in [4.69, 9.17) is 4.74 Å². The number of para-hydroxylation sites is 2. The minimum Gasteiger partial charge on any atom is -0.457 e. The molecule has 2 rings (SSSR count). The predicted molar refractivity (Wildman–Crippen MR) is 80.3 cm³/mol. The first-order valence-corrected chi connectivity index (χ1v) is 9.17. The van der Waals surface area contributed by atoms with Gasteiger partial charge in [-0.15, -0.1) is 6.58 Å². The lowest BCUT2D eigenvalue weighted by Gasteiger charge is -2.21. The molecule has 18 heavy (non-hydrogen) atoms. The van der Waals surface area contributed by atoms with E-state index in [1.807, 2.05) is 42.5 Å². The maximum Gasteiger partial charge on any atom is 0.127 e. The second-order valence-corrected chi connectivity index (χ2v) is 9.23. The Morgan fingerprint density at radius 2 is 1.56 bits per heavy atom. The van der Waals surface area contributed by atoms with Crippen LogP contribution in [-0.4, -0.2) is 8.07 Å². The third-order valence-corrected chi connectivity index (χ3v) is 5.88. The molecule has 0 spiro atoms. The van der Waals surface area contributed by atoms with Crippen molar-refractivity contribution in [2.24, 2.45) is 0 Å². The lowest BCUT2D eigenvalue weighted by Crippen LogP contribution is -2.39. The minimum absolute atomic E-state index is 0.874. The molecule has 0 radical (unpaired) electrons. The molecule has 0 atom stereocenters. The highest BCUT2D eigenvalue weighted by molar-refractivity contribution is 6.94. The third kappa shape index (κ3) is 2.71. The van der Waals surface area contributed by atoms with Gasteiger partial charge in [0.1, 0.15) is 19.6 Å². The Hall–Kier alpha value is -1.80. The Balaban J connectivity index is 2.37. The average molecular weight is 254 g/mol. The van der Waals surface area contributed by atoms with E-state index in [2.05, 4.69) is 37.5 Å². The first-order chi connectivity index (χ1) is 8.63. The molecule has 0 bridgehead atoms. The number of hydrogen-bond donors (Lipinski definition) is 0. The van der Waals surface area contributed by atoms with Crippen molar-refractivity contribution >= 4 is 13.3 Å². The molecule has 0 aliphatic carbocycles. The van der Waals surface area contributed by atoms with Crippen molar-refractivity contribution < 1.29 is 4.74 Å². The zero-order valence-corrected chi connectivity index (χ0v) is 11.9. The first-order valence-electron chi connectivity index (χ1n) is 6.09. The number of benzene rings is 2. The van der Waals surface area contributed by atoms with Crippen LogP contribution in [0.15, 0.2) is 66.9 Å². The van der Waals surface area contributed by atoms with Crippen LogP contribution in [0.2, 0.25) is 13.1 Å². The van der Waals surface area contributed by atoms with Gasteiger partial charge in [0.05, 0.1) is 0 Å². The molecule has 0 N–H and O–H groups in total. The van der Waals surface area contributed by atoms with Gasteiger partial charge in [0.15, 0.2) is 0 Å². The van der Waals surface area contributed by atoms with Crippen molar-refractivity contribution in [3.8, 4) is 11.5 Å². The molecular weight excluding hydrogens is 236 g/mol. The van der Waals surface area contributed by atoms with Crippen LogP contribution in [0, 0.1) is 0 Å². The smallest absolute Gasteiger partial charge is 0.127 e. The van der Waals surface area contributed by atoms with Crippen LogP contribution in [0.3, 0.4) is 0 Å². The molecule has 0 heterocycles. The van der Waals surface area contributed by atoms with E-state index >= 15 is 0 Å². The molecule has 0 saturated carbocycles. The second kappa shape index (κ2) is 5.23. The van der Waals surface area contributed by atoms with Gasteiger partial charge in [0.25, 0.3) is 0 Å². The van der Waals surface area contributed by atoms with Crippen molar-refractivity contribution in [2.75, 3.05) is 0 Å². The highest BCUT2D eigenvalue weighted by atomic mass is 28.3. The van der Waals surface area contributed by atoms with Crippen molar-refractivity contribution in [1.82, 2.24) is 0 Å². The van der Waals surface area contributed by atoms with Crippen molar-refractivity contribution in [3.05, 3.63) is 66.9 Å². The summed E-state index contributed by atoms with van der Waals surface area (Å²) in [5.41, 5.74) is 2.08. The summed E-state index contributed by atoms with van der Waals surface area (Å²) in [7, 11) is -1.61. The van der Waals surface area contributed by atoms with E-state index < -0.39 is 8.07 Å². The number of ether oxygens (including phenoxy) is 1. The van der Waals surface area contributed by atoms with Crippen LogP contribution >= 0.6 is 0 Å². The van der Waals surface area contributed by atoms with Gasteiger partial charge in [-0.1, -0.05) is 55.2 Å². The van der Waals surface area contributed by atoms with E-state index in [-0.39, 0.29) is 0 Å². The Morgan fingerprint density at radius 1 is 0.944 bits per heavy atom. The van der Waals surface area contributed by atoms with Gasteiger partial charge in [0, 0.05) is 0 Å². The molecule has 0 unspecified atom stereocenters. The molecule has 2 heteroatoms. The Morgan fingerprint density at radius 3 is 2.22 bits per heavy atom. The quantitative estimate of drug-likeness (QED) is 0.746. The molecular formula is C16H18OSi. The van der Waals surface area contributed by atoms with Gasteiger partial charge in [-0.05, 0) is 23.4 Å². The molecule has 0 saturated heterocycles. The van der Waals surface area contributed by atoms with Gasteiger partial charge >= 0.3 is 0 Å². The lowest BCUT2D eigenvalue weighted by molar-refractivity contribution is 0.486. The fourth-order valence-electron chi connectivity index (χ4n) is 1.81. The van der Waals surface area contributed by atoms with Crippen LogP contribution in [0.4, 0.5) is 0 Å². The molecule has 0 fully saturated rings. The van der Waals surface area contributed by atoms with Crippen LogP contribution in [0.25, 0.3) is 0 Å². The monoisotopic (exact) mass is 254 g/mol. The van der Waals surface area contributed by atoms with Crippen molar-refractivity contribution in [3.63, 3.8) is 0 Å². The Kier molecular flexibility index (Phi) is 3.68. The van der Waals surface area contributed by atoms with Crippen LogP contribution in [0.1, 0.15) is 0 Å². The zero-order chi connectivity index (χ0) is 13.0. The fourth-order valence-corrected chi connectivity index (χ4v) is 3.33. The summed E-state index contributed by atoms with van der Waals surface area (Å²) in [6, 6.07) is 18.1. The topological polar surface area (TPSA) is 9.23 Å². The van der Waals surface area contributed by atoms with E-state index in [0.717, 1.165) is 11.5 Å². The van der Waals surface area contributed by atoms with Crippen LogP contribution in [0.5, 0.6) is 11.5 Å². The van der Waals surface area contributed by atoms with Gasteiger partial charge in [-0.2, -0.15) is 0 Å². The summed E-state index contributed by atoms with van der Waals surface area (Å²) < 4.78 is 5.98. The number of hydrogen-bond acceptors (Lipinski definition) is 1. The van der Waals surface area contributed by atoms with E-state index in [9.17, 15) is 0 Å². The SMILES string of the molecule is C=C[Si](C)(C)c1ccccc1Oc1ccccc1. The standard InChI is InChI=1S/C16H18OSi/c1-4-18(2,3)16-13-9-8-12-15(16)17-14-10-6-5-7-11-14/h4-13H,1H2,2-3H3. The van der Waals surface area contributed by atoms with Gasteiger partial charge in [-0.3, -0.25) is 0 Å². The Bertz CT molecular complexity index is 532. The van der Waals surface area contributed by atoms with Crippen molar-refractivity contribution in [2.45, 2.75) is 13.1 Å².